The third-order valence-corrected chi connectivity index (χ3v) is 2.48. The number of rotatable bonds is 3. The van der Waals surface area contributed by atoms with Crippen LogP contribution in [0, 0.1) is 17.6 Å². The van der Waals surface area contributed by atoms with Gasteiger partial charge in [-0.25, -0.2) is 8.78 Å². The number of halogens is 2. The summed E-state index contributed by atoms with van der Waals surface area (Å²) in [6, 6.07) is 2.73. The number of amides is 1. The van der Waals surface area contributed by atoms with Crippen molar-refractivity contribution < 1.29 is 13.6 Å². The van der Waals surface area contributed by atoms with Crippen LogP contribution in [0.3, 0.4) is 0 Å². The minimum absolute atomic E-state index is 0.00463. The van der Waals surface area contributed by atoms with Gasteiger partial charge in [0, 0.05) is 17.7 Å². The van der Waals surface area contributed by atoms with E-state index in [2.05, 4.69) is 5.32 Å². The van der Waals surface area contributed by atoms with Crippen LogP contribution in [-0.4, -0.2) is 11.9 Å². The first kappa shape index (κ1) is 12.6. The highest BCUT2D eigenvalue weighted by Crippen LogP contribution is 2.09. The monoisotopic (exact) mass is 227 g/mol. The van der Waals surface area contributed by atoms with Crippen LogP contribution < -0.4 is 5.32 Å². The summed E-state index contributed by atoms with van der Waals surface area (Å²) in [5.74, 6) is -1.69. The fraction of sp³-hybridized carbons (Fsp3) is 0.417. The lowest BCUT2D eigenvalue weighted by molar-refractivity contribution is 0.0929. The van der Waals surface area contributed by atoms with Gasteiger partial charge in [0.2, 0.25) is 0 Å². The quantitative estimate of drug-likeness (QED) is 0.845. The van der Waals surface area contributed by atoms with E-state index in [1.165, 1.54) is 0 Å². The van der Waals surface area contributed by atoms with E-state index in [0.29, 0.717) is 0 Å². The molecular formula is C12H15F2NO. The van der Waals surface area contributed by atoms with Crippen LogP contribution in [0.2, 0.25) is 0 Å². The van der Waals surface area contributed by atoms with Crippen molar-refractivity contribution in [3.8, 4) is 0 Å². The molecule has 4 heteroatoms. The fourth-order valence-corrected chi connectivity index (χ4v) is 1.14. The Kier molecular flexibility index (Phi) is 3.99. The van der Waals surface area contributed by atoms with Gasteiger partial charge in [-0.3, -0.25) is 4.79 Å². The molecule has 0 aliphatic carbocycles. The van der Waals surface area contributed by atoms with E-state index in [1.54, 1.807) is 0 Å². The van der Waals surface area contributed by atoms with Crippen molar-refractivity contribution >= 4 is 5.91 Å². The molecule has 88 valence electrons. The number of hydrogen-bond acceptors (Lipinski definition) is 1. The number of nitrogens with one attached hydrogen (secondary N) is 1. The van der Waals surface area contributed by atoms with E-state index in [-0.39, 0.29) is 17.5 Å². The fourth-order valence-electron chi connectivity index (χ4n) is 1.14. The molecule has 0 spiro atoms. The lowest BCUT2D eigenvalue weighted by Gasteiger charge is -2.17. The Bertz CT molecular complexity index is 370. The van der Waals surface area contributed by atoms with Gasteiger partial charge >= 0.3 is 0 Å². The number of hydrogen-bond donors (Lipinski definition) is 1. The van der Waals surface area contributed by atoms with Gasteiger partial charge in [0.15, 0.2) is 0 Å². The number of carbonyl (C=O) groups is 1. The SMILES string of the molecule is CC(C)C(C)NC(=O)c1cc(F)cc(F)c1. The Labute approximate surface area is 93.7 Å². The summed E-state index contributed by atoms with van der Waals surface area (Å²) >= 11 is 0. The first-order valence-corrected chi connectivity index (χ1v) is 5.17. The standard InChI is InChI=1S/C12H15F2NO/c1-7(2)8(3)15-12(16)9-4-10(13)6-11(14)5-9/h4-8H,1-3H3,(H,15,16). The molecule has 1 aromatic rings. The molecule has 16 heavy (non-hydrogen) atoms. The van der Waals surface area contributed by atoms with Gasteiger partial charge in [-0.15, -0.1) is 0 Å². The number of carbonyl (C=O) groups excluding carboxylic acids is 1. The first-order chi connectivity index (χ1) is 7.40. The molecule has 0 saturated heterocycles. The molecule has 1 aromatic carbocycles. The van der Waals surface area contributed by atoms with E-state index >= 15 is 0 Å². The van der Waals surface area contributed by atoms with E-state index in [4.69, 9.17) is 0 Å². The molecule has 0 radical (unpaired) electrons. The van der Waals surface area contributed by atoms with E-state index < -0.39 is 17.5 Å². The summed E-state index contributed by atoms with van der Waals surface area (Å²) in [7, 11) is 0. The Hall–Kier alpha value is -1.45. The predicted octanol–water partition coefficient (Wildman–Crippen LogP) is 2.74. The molecule has 0 aromatic heterocycles. The van der Waals surface area contributed by atoms with Crippen molar-refractivity contribution in [3.05, 3.63) is 35.4 Å². The largest absolute Gasteiger partial charge is 0.349 e. The molecule has 0 fully saturated rings. The predicted molar refractivity (Wildman–Crippen MR) is 58.1 cm³/mol. The van der Waals surface area contributed by atoms with Crippen LogP contribution in [0.1, 0.15) is 31.1 Å². The Morgan fingerprint density at radius 1 is 1.12 bits per heavy atom. The zero-order valence-corrected chi connectivity index (χ0v) is 9.55. The van der Waals surface area contributed by atoms with E-state index in [9.17, 15) is 13.6 Å². The van der Waals surface area contributed by atoms with Crippen molar-refractivity contribution in [2.24, 2.45) is 5.92 Å². The molecule has 1 unspecified atom stereocenters. The maximum Gasteiger partial charge on any atom is 0.251 e. The average molecular weight is 227 g/mol. The van der Waals surface area contributed by atoms with Crippen molar-refractivity contribution in [2.45, 2.75) is 26.8 Å². The molecule has 1 N–H and O–H groups in total. The van der Waals surface area contributed by atoms with Gasteiger partial charge in [0.05, 0.1) is 0 Å². The van der Waals surface area contributed by atoms with Crippen molar-refractivity contribution in [1.82, 2.24) is 5.32 Å². The van der Waals surface area contributed by atoms with Gasteiger partial charge in [-0.2, -0.15) is 0 Å². The maximum absolute atomic E-state index is 12.9. The average Bonchev–Trinajstić information content (AvgIpc) is 2.15. The zero-order chi connectivity index (χ0) is 12.3. The van der Waals surface area contributed by atoms with Gasteiger partial charge < -0.3 is 5.32 Å². The molecule has 0 saturated carbocycles. The number of benzene rings is 1. The van der Waals surface area contributed by atoms with Crippen LogP contribution in [0.15, 0.2) is 18.2 Å². The summed E-state index contributed by atoms with van der Waals surface area (Å²) in [5, 5.41) is 2.68. The second-order valence-electron chi connectivity index (χ2n) is 4.16. The second kappa shape index (κ2) is 5.05. The molecule has 0 bridgehead atoms. The van der Waals surface area contributed by atoms with Crippen LogP contribution in [0.4, 0.5) is 8.78 Å². The van der Waals surface area contributed by atoms with Crippen molar-refractivity contribution in [1.29, 1.82) is 0 Å². The Morgan fingerprint density at radius 2 is 1.62 bits per heavy atom. The summed E-state index contributed by atoms with van der Waals surface area (Å²) < 4.78 is 25.7. The zero-order valence-electron chi connectivity index (χ0n) is 9.55. The van der Waals surface area contributed by atoms with E-state index in [0.717, 1.165) is 18.2 Å². The second-order valence-corrected chi connectivity index (χ2v) is 4.16. The van der Waals surface area contributed by atoms with Crippen LogP contribution >= 0.6 is 0 Å². The highest BCUT2D eigenvalue weighted by molar-refractivity contribution is 5.94. The Balaban J connectivity index is 2.80. The van der Waals surface area contributed by atoms with Gasteiger partial charge in [-0.05, 0) is 25.0 Å². The van der Waals surface area contributed by atoms with Crippen LogP contribution in [0.25, 0.3) is 0 Å². The molecule has 0 heterocycles. The van der Waals surface area contributed by atoms with E-state index in [1.807, 2.05) is 20.8 Å². The molecule has 0 aliphatic rings. The molecule has 0 aliphatic heterocycles. The third-order valence-electron chi connectivity index (χ3n) is 2.48. The van der Waals surface area contributed by atoms with Gasteiger partial charge in [0.1, 0.15) is 11.6 Å². The van der Waals surface area contributed by atoms with Gasteiger partial charge in [0.25, 0.3) is 5.91 Å². The highest BCUT2D eigenvalue weighted by atomic mass is 19.1. The molecule has 1 amide bonds. The topological polar surface area (TPSA) is 29.1 Å². The summed E-state index contributed by atoms with van der Waals surface area (Å²) in [4.78, 5) is 11.6. The summed E-state index contributed by atoms with van der Waals surface area (Å²) in [5.41, 5.74) is 0.00463. The first-order valence-electron chi connectivity index (χ1n) is 5.17. The lowest BCUT2D eigenvalue weighted by atomic mass is 10.1. The van der Waals surface area contributed by atoms with Crippen LogP contribution in [-0.2, 0) is 0 Å². The van der Waals surface area contributed by atoms with Crippen molar-refractivity contribution in [2.75, 3.05) is 0 Å². The molecule has 2 nitrogen and oxygen atoms in total. The normalized spacial score (nSPS) is 12.6. The molecular weight excluding hydrogens is 212 g/mol. The third kappa shape index (κ3) is 3.29. The van der Waals surface area contributed by atoms with Crippen molar-refractivity contribution in [3.63, 3.8) is 0 Å². The summed E-state index contributed by atoms with van der Waals surface area (Å²) in [6.45, 7) is 5.76. The smallest absolute Gasteiger partial charge is 0.251 e. The molecule has 1 rings (SSSR count). The Morgan fingerprint density at radius 3 is 2.06 bits per heavy atom. The van der Waals surface area contributed by atoms with Gasteiger partial charge in [-0.1, -0.05) is 13.8 Å². The molecule has 1 atom stereocenters. The maximum atomic E-state index is 12.9. The minimum atomic E-state index is -0.748. The highest BCUT2D eigenvalue weighted by Gasteiger charge is 2.13. The lowest BCUT2D eigenvalue weighted by Crippen LogP contribution is -2.36. The summed E-state index contributed by atoms with van der Waals surface area (Å²) in [6.07, 6.45) is 0. The minimum Gasteiger partial charge on any atom is -0.349 e. The van der Waals surface area contributed by atoms with Crippen LogP contribution in [0.5, 0.6) is 0 Å².